The minimum absolute atomic E-state index is 0.0510. The number of amides is 1. The fraction of sp³-hybridized carbons (Fsp3) is 0.214. The van der Waals surface area contributed by atoms with Crippen molar-refractivity contribution in [3.8, 4) is 17.0 Å². The normalized spacial score (nSPS) is 13.9. The molecular formula is C28H26FN3O2. The summed E-state index contributed by atoms with van der Waals surface area (Å²) in [6.45, 7) is 4.68. The zero-order chi connectivity index (χ0) is 23.7. The van der Waals surface area contributed by atoms with Crippen molar-refractivity contribution in [2.45, 2.75) is 6.92 Å². The number of halogens is 1. The van der Waals surface area contributed by atoms with E-state index in [1.807, 2.05) is 54.3 Å². The molecule has 0 unspecified atom stereocenters. The van der Waals surface area contributed by atoms with E-state index in [0.717, 1.165) is 35.5 Å². The summed E-state index contributed by atoms with van der Waals surface area (Å²) in [4.78, 5) is 22.5. The van der Waals surface area contributed by atoms with E-state index in [-0.39, 0.29) is 11.7 Å². The lowest BCUT2D eigenvalue weighted by Crippen LogP contribution is -2.48. The first kappa shape index (κ1) is 21.9. The first-order valence-corrected chi connectivity index (χ1v) is 11.4. The maximum atomic E-state index is 14.5. The molecule has 0 saturated carbocycles. The van der Waals surface area contributed by atoms with Gasteiger partial charge >= 0.3 is 0 Å². The Balaban J connectivity index is 1.44. The van der Waals surface area contributed by atoms with Crippen LogP contribution in [0.15, 0.2) is 72.8 Å². The van der Waals surface area contributed by atoms with Gasteiger partial charge in [0.2, 0.25) is 0 Å². The maximum absolute atomic E-state index is 14.5. The number of aromatic nitrogens is 1. The molecule has 0 radical (unpaired) electrons. The molecule has 2 heterocycles. The maximum Gasteiger partial charge on any atom is 0.254 e. The summed E-state index contributed by atoms with van der Waals surface area (Å²) in [5.41, 5.74) is 4.26. The number of anilines is 1. The van der Waals surface area contributed by atoms with E-state index in [2.05, 4.69) is 9.88 Å². The number of pyridine rings is 1. The number of benzene rings is 3. The number of aryl methyl sites for hydroxylation is 1. The van der Waals surface area contributed by atoms with Crippen molar-refractivity contribution in [3.63, 3.8) is 0 Å². The SMILES string of the molecule is COc1ccc(N2CCN(C(=O)c3cc(-c4ccccc4F)nc4ccc(C)cc34)CC2)cc1. The van der Waals surface area contributed by atoms with Gasteiger partial charge in [-0.05, 0) is 61.5 Å². The zero-order valence-corrected chi connectivity index (χ0v) is 19.3. The van der Waals surface area contributed by atoms with Crippen LogP contribution >= 0.6 is 0 Å². The van der Waals surface area contributed by atoms with Crippen LogP contribution in [0.2, 0.25) is 0 Å². The Morgan fingerprint density at radius 3 is 2.38 bits per heavy atom. The average Bonchev–Trinajstić information content (AvgIpc) is 2.88. The molecule has 0 atom stereocenters. The second-order valence-corrected chi connectivity index (χ2v) is 8.53. The molecule has 1 fully saturated rings. The summed E-state index contributed by atoms with van der Waals surface area (Å²) in [7, 11) is 1.65. The fourth-order valence-corrected chi connectivity index (χ4v) is 4.45. The van der Waals surface area contributed by atoms with Crippen molar-refractivity contribution in [3.05, 3.63) is 89.7 Å². The molecule has 6 heteroatoms. The summed E-state index contributed by atoms with van der Waals surface area (Å²) < 4.78 is 19.8. The lowest BCUT2D eigenvalue weighted by Gasteiger charge is -2.36. The van der Waals surface area contributed by atoms with Crippen molar-refractivity contribution in [1.29, 1.82) is 0 Å². The molecule has 1 aliphatic rings. The van der Waals surface area contributed by atoms with E-state index >= 15 is 0 Å². The Hall–Kier alpha value is -3.93. The summed E-state index contributed by atoms with van der Waals surface area (Å²) in [5, 5.41) is 0.794. The third kappa shape index (κ3) is 4.19. The van der Waals surface area contributed by atoms with Gasteiger partial charge in [-0.15, -0.1) is 0 Å². The van der Waals surface area contributed by atoms with Gasteiger partial charge in [-0.25, -0.2) is 9.37 Å². The summed E-state index contributed by atoms with van der Waals surface area (Å²) in [5.74, 6) is 0.418. The second kappa shape index (κ2) is 9.14. The first-order valence-electron chi connectivity index (χ1n) is 11.4. The highest BCUT2D eigenvalue weighted by atomic mass is 19.1. The van der Waals surface area contributed by atoms with Crippen LogP contribution in [0.25, 0.3) is 22.2 Å². The Labute approximate surface area is 198 Å². The van der Waals surface area contributed by atoms with Crippen molar-refractivity contribution in [2.24, 2.45) is 0 Å². The van der Waals surface area contributed by atoms with Gasteiger partial charge < -0.3 is 14.5 Å². The number of rotatable bonds is 4. The predicted octanol–water partition coefficient (Wildman–Crippen LogP) is 5.32. The van der Waals surface area contributed by atoms with E-state index in [1.165, 1.54) is 6.07 Å². The minimum atomic E-state index is -0.354. The number of methoxy groups -OCH3 is 1. The van der Waals surface area contributed by atoms with Crippen LogP contribution in [-0.4, -0.2) is 49.1 Å². The largest absolute Gasteiger partial charge is 0.497 e. The molecule has 0 spiro atoms. The van der Waals surface area contributed by atoms with Gasteiger partial charge in [-0.1, -0.05) is 23.8 Å². The molecule has 172 valence electrons. The van der Waals surface area contributed by atoms with Crippen molar-refractivity contribution >= 4 is 22.5 Å². The molecule has 1 aliphatic heterocycles. The average molecular weight is 456 g/mol. The molecule has 5 rings (SSSR count). The number of piperazine rings is 1. The van der Waals surface area contributed by atoms with E-state index < -0.39 is 0 Å². The number of carbonyl (C=O) groups excluding carboxylic acids is 1. The lowest BCUT2D eigenvalue weighted by molar-refractivity contribution is 0.0748. The highest BCUT2D eigenvalue weighted by Gasteiger charge is 2.25. The number of fused-ring (bicyclic) bond motifs is 1. The quantitative estimate of drug-likeness (QED) is 0.418. The van der Waals surface area contributed by atoms with Gasteiger partial charge in [0.1, 0.15) is 11.6 Å². The van der Waals surface area contributed by atoms with Gasteiger partial charge in [-0.3, -0.25) is 4.79 Å². The van der Waals surface area contributed by atoms with Crippen LogP contribution in [-0.2, 0) is 0 Å². The van der Waals surface area contributed by atoms with Gasteiger partial charge in [0.25, 0.3) is 5.91 Å². The number of hydrogen-bond acceptors (Lipinski definition) is 4. The molecule has 5 nitrogen and oxygen atoms in total. The Morgan fingerprint density at radius 1 is 0.941 bits per heavy atom. The predicted molar refractivity (Wildman–Crippen MR) is 133 cm³/mol. The van der Waals surface area contributed by atoms with Gasteiger partial charge in [-0.2, -0.15) is 0 Å². The van der Waals surface area contributed by atoms with E-state index in [1.54, 1.807) is 31.4 Å². The third-order valence-corrected chi connectivity index (χ3v) is 6.35. The molecule has 0 aliphatic carbocycles. The molecular weight excluding hydrogens is 429 g/mol. The van der Waals surface area contributed by atoms with Gasteiger partial charge in [0.05, 0.1) is 23.9 Å². The standard InChI is InChI=1S/C28H26FN3O2/c1-19-7-12-26-23(17-19)24(18-27(30-26)22-5-3-4-6-25(22)29)28(33)32-15-13-31(14-16-32)20-8-10-21(34-2)11-9-20/h3-12,17-18H,13-16H2,1-2H3. The Morgan fingerprint density at radius 2 is 1.68 bits per heavy atom. The number of carbonyl (C=O) groups is 1. The summed E-state index contributed by atoms with van der Waals surface area (Å²) >= 11 is 0. The van der Waals surface area contributed by atoms with Gasteiger partial charge in [0.15, 0.2) is 0 Å². The Bertz CT molecular complexity index is 1350. The van der Waals surface area contributed by atoms with Crippen LogP contribution in [0.5, 0.6) is 5.75 Å². The molecule has 1 amide bonds. The minimum Gasteiger partial charge on any atom is -0.497 e. The van der Waals surface area contributed by atoms with Crippen LogP contribution in [0.4, 0.5) is 10.1 Å². The molecule has 34 heavy (non-hydrogen) atoms. The van der Waals surface area contributed by atoms with Crippen LogP contribution in [0.1, 0.15) is 15.9 Å². The molecule has 1 aromatic heterocycles. The van der Waals surface area contributed by atoms with E-state index in [0.29, 0.717) is 35.4 Å². The van der Waals surface area contributed by atoms with Crippen LogP contribution in [0, 0.1) is 12.7 Å². The van der Waals surface area contributed by atoms with Crippen LogP contribution in [0.3, 0.4) is 0 Å². The Kier molecular flexibility index (Phi) is 5.88. The summed E-state index contributed by atoms with van der Waals surface area (Å²) in [6.07, 6.45) is 0. The lowest BCUT2D eigenvalue weighted by atomic mass is 10.0. The van der Waals surface area contributed by atoms with Crippen molar-refractivity contribution in [2.75, 3.05) is 38.2 Å². The number of ether oxygens (including phenoxy) is 1. The summed E-state index contributed by atoms with van der Waals surface area (Å²) in [6, 6.07) is 22.1. The molecule has 0 bridgehead atoms. The highest BCUT2D eigenvalue weighted by molar-refractivity contribution is 6.07. The number of nitrogens with zero attached hydrogens (tertiary/aromatic N) is 3. The van der Waals surface area contributed by atoms with Gasteiger partial charge in [0, 0.05) is 42.8 Å². The molecule has 4 aromatic rings. The monoisotopic (exact) mass is 455 g/mol. The number of hydrogen-bond donors (Lipinski definition) is 0. The topological polar surface area (TPSA) is 45.7 Å². The van der Waals surface area contributed by atoms with Crippen molar-refractivity contribution < 1.29 is 13.9 Å². The van der Waals surface area contributed by atoms with E-state index in [4.69, 9.17) is 4.74 Å². The molecule has 1 saturated heterocycles. The fourth-order valence-electron chi connectivity index (χ4n) is 4.45. The van der Waals surface area contributed by atoms with Crippen LogP contribution < -0.4 is 9.64 Å². The zero-order valence-electron chi connectivity index (χ0n) is 19.3. The third-order valence-electron chi connectivity index (χ3n) is 6.35. The van der Waals surface area contributed by atoms with Crippen molar-refractivity contribution in [1.82, 2.24) is 9.88 Å². The smallest absolute Gasteiger partial charge is 0.254 e. The second-order valence-electron chi connectivity index (χ2n) is 8.53. The van der Waals surface area contributed by atoms with E-state index in [9.17, 15) is 9.18 Å². The first-order chi connectivity index (χ1) is 16.5. The molecule has 3 aromatic carbocycles. The molecule has 0 N–H and O–H groups in total. The highest BCUT2D eigenvalue weighted by Crippen LogP contribution is 2.29.